The minimum atomic E-state index is -0.540. The van der Waals surface area contributed by atoms with E-state index in [1.807, 2.05) is 31.2 Å². The molecule has 0 saturated heterocycles. The Morgan fingerprint density at radius 2 is 2.27 bits per heavy atom. The number of nitrogens with one attached hydrogen (secondary N) is 1. The second kappa shape index (κ2) is 5.80. The third kappa shape index (κ3) is 3.81. The van der Waals surface area contributed by atoms with E-state index in [4.69, 9.17) is 0 Å². The van der Waals surface area contributed by atoms with E-state index in [9.17, 15) is 4.79 Å². The highest BCUT2D eigenvalue weighted by Crippen LogP contribution is 2.02. The van der Waals surface area contributed by atoms with Gasteiger partial charge in [0.1, 0.15) is 0 Å². The zero-order chi connectivity index (χ0) is 11.1. The van der Waals surface area contributed by atoms with Gasteiger partial charge in [0.05, 0.1) is 12.8 Å². The molecule has 0 saturated carbocycles. The van der Waals surface area contributed by atoms with Crippen LogP contribution < -0.4 is 5.43 Å². The minimum absolute atomic E-state index is 0.339. The summed E-state index contributed by atoms with van der Waals surface area (Å²) < 4.78 is 4.65. The van der Waals surface area contributed by atoms with Crippen molar-refractivity contribution in [3.05, 3.63) is 35.4 Å². The Labute approximate surface area is 88.9 Å². The monoisotopic (exact) mass is 206 g/mol. The standard InChI is InChI=1S/C11H14N2O2/c1-3-15-11(14)13-12-8-10-7-5-4-6-9(10)2/h4-8H,3H2,1-2H3,(H,13,14)/b12-8-. The Morgan fingerprint density at radius 3 is 2.93 bits per heavy atom. The van der Waals surface area contributed by atoms with Crippen LogP contribution in [0.1, 0.15) is 18.1 Å². The summed E-state index contributed by atoms with van der Waals surface area (Å²) in [5, 5.41) is 3.77. The average Bonchev–Trinajstić information content (AvgIpc) is 2.21. The fourth-order valence-electron chi connectivity index (χ4n) is 1.05. The number of hydrogen-bond donors (Lipinski definition) is 1. The lowest BCUT2D eigenvalue weighted by atomic mass is 10.1. The summed E-state index contributed by atoms with van der Waals surface area (Å²) in [5.41, 5.74) is 4.34. The van der Waals surface area contributed by atoms with E-state index >= 15 is 0 Å². The van der Waals surface area contributed by atoms with Crippen molar-refractivity contribution in [1.29, 1.82) is 0 Å². The van der Waals surface area contributed by atoms with E-state index in [-0.39, 0.29) is 0 Å². The lowest BCUT2D eigenvalue weighted by Crippen LogP contribution is -2.18. The smallest absolute Gasteiger partial charge is 0.427 e. The van der Waals surface area contributed by atoms with Crippen molar-refractivity contribution in [1.82, 2.24) is 5.43 Å². The topological polar surface area (TPSA) is 50.7 Å². The molecular formula is C11H14N2O2. The zero-order valence-corrected chi connectivity index (χ0v) is 8.86. The maximum absolute atomic E-state index is 10.9. The summed E-state index contributed by atoms with van der Waals surface area (Å²) in [6.45, 7) is 4.06. The van der Waals surface area contributed by atoms with Crippen molar-refractivity contribution in [2.45, 2.75) is 13.8 Å². The Morgan fingerprint density at radius 1 is 1.53 bits per heavy atom. The number of amides is 1. The number of hydrazone groups is 1. The van der Waals surface area contributed by atoms with Gasteiger partial charge in [-0.3, -0.25) is 0 Å². The third-order valence-corrected chi connectivity index (χ3v) is 1.82. The van der Waals surface area contributed by atoms with E-state index in [1.165, 1.54) is 0 Å². The van der Waals surface area contributed by atoms with E-state index in [0.717, 1.165) is 11.1 Å². The first kappa shape index (κ1) is 11.2. The van der Waals surface area contributed by atoms with Crippen LogP contribution in [0.3, 0.4) is 0 Å². The quantitative estimate of drug-likeness (QED) is 0.608. The Bertz CT molecular complexity index is 361. The van der Waals surface area contributed by atoms with Crippen molar-refractivity contribution in [2.75, 3.05) is 6.61 Å². The lowest BCUT2D eigenvalue weighted by Gasteiger charge is -2.00. The highest BCUT2D eigenvalue weighted by atomic mass is 16.5. The minimum Gasteiger partial charge on any atom is -0.449 e. The van der Waals surface area contributed by atoms with Gasteiger partial charge in [-0.05, 0) is 25.0 Å². The summed E-state index contributed by atoms with van der Waals surface area (Å²) in [6.07, 6.45) is 1.05. The summed E-state index contributed by atoms with van der Waals surface area (Å²) in [5.74, 6) is 0. The van der Waals surface area contributed by atoms with Crippen LogP contribution in [0.4, 0.5) is 4.79 Å². The average molecular weight is 206 g/mol. The first-order valence-electron chi connectivity index (χ1n) is 4.75. The molecule has 0 aliphatic heterocycles. The van der Waals surface area contributed by atoms with Crippen molar-refractivity contribution in [3.63, 3.8) is 0 Å². The van der Waals surface area contributed by atoms with Gasteiger partial charge < -0.3 is 4.74 Å². The molecule has 0 unspecified atom stereocenters. The molecule has 0 fully saturated rings. The second-order valence-electron chi connectivity index (χ2n) is 2.95. The first-order chi connectivity index (χ1) is 7.24. The van der Waals surface area contributed by atoms with Gasteiger partial charge in [-0.2, -0.15) is 5.10 Å². The van der Waals surface area contributed by atoms with Crippen LogP contribution in [-0.4, -0.2) is 18.9 Å². The van der Waals surface area contributed by atoms with Crippen LogP contribution in [-0.2, 0) is 4.74 Å². The molecule has 0 radical (unpaired) electrons. The van der Waals surface area contributed by atoms with Crippen molar-refractivity contribution < 1.29 is 9.53 Å². The number of nitrogens with zero attached hydrogens (tertiary/aromatic N) is 1. The van der Waals surface area contributed by atoms with Crippen LogP contribution in [0.5, 0.6) is 0 Å². The molecule has 0 atom stereocenters. The molecule has 0 aliphatic carbocycles. The van der Waals surface area contributed by atoms with Gasteiger partial charge in [-0.25, -0.2) is 10.2 Å². The van der Waals surface area contributed by atoms with E-state index < -0.39 is 6.09 Å². The normalized spacial score (nSPS) is 10.3. The molecule has 0 aliphatic rings. The van der Waals surface area contributed by atoms with Gasteiger partial charge in [-0.15, -0.1) is 0 Å². The van der Waals surface area contributed by atoms with E-state index in [2.05, 4.69) is 15.3 Å². The van der Waals surface area contributed by atoms with Gasteiger partial charge in [0.25, 0.3) is 0 Å². The molecule has 15 heavy (non-hydrogen) atoms. The highest BCUT2D eigenvalue weighted by molar-refractivity contribution is 5.82. The first-order valence-corrected chi connectivity index (χ1v) is 4.75. The van der Waals surface area contributed by atoms with Crippen LogP contribution >= 0.6 is 0 Å². The molecule has 4 heteroatoms. The van der Waals surface area contributed by atoms with E-state index in [1.54, 1.807) is 13.1 Å². The summed E-state index contributed by atoms with van der Waals surface area (Å²) in [6, 6.07) is 7.77. The highest BCUT2D eigenvalue weighted by Gasteiger charge is 1.96. The molecular weight excluding hydrogens is 192 g/mol. The number of carbonyl (C=O) groups excluding carboxylic acids is 1. The number of benzene rings is 1. The van der Waals surface area contributed by atoms with E-state index in [0.29, 0.717) is 6.61 Å². The Balaban J connectivity index is 2.52. The third-order valence-electron chi connectivity index (χ3n) is 1.82. The Hall–Kier alpha value is -1.84. The molecule has 0 aromatic heterocycles. The van der Waals surface area contributed by atoms with Gasteiger partial charge in [0, 0.05) is 0 Å². The van der Waals surface area contributed by atoms with Gasteiger partial charge in [0.2, 0.25) is 0 Å². The number of hydrogen-bond acceptors (Lipinski definition) is 3. The molecule has 1 rings (SSSR count). The predicted molar refractivity (Wildman–Crippen MR) is 58.9 cm³/mol. The zero-order valence-electron chi connectivity index (χ0n) is 8.86. The van der Waals surface area contributed by atoms with Crippen LogP contribution in [0.15, 0.2) is 29.4 Å². The van der Waals surface area contributed by atoms with Gasteiger partial charge >= 0.3 is 6.09 Å². The molecule has 0 heterocycles. The molecule has 0 spiro atoms. The van der Waals surface area contributed by atoms with Crippen LogP contribution in [0.2, 0.25) is 0 Å². The molecule has 1 amide bonds. The van der Waals surface area contributed by atoms with Crippen LogP contribution in [0.25, 0.3) is 0 Å². The maximum atomic E-state index is 10.9. The predicted octanol–water partition coefficient (Wildman–Crippen LogP) is 2.08. The molecule has 0 bridgehead atoms. The number of aryl methyl sites for hydroxylation is 1. The fraction of sp³-hybridized carbons (Fsp3) is 0.273. The fourth-order valence-corrected chi connectivity index (χ4v) is 1.05. The van der Waals surface area contributed by atoms with Crippen molar-refractivity contribution in [3.8, 4) is 0 Å². The number of carbonyl (C=O) groups is 1. The largest absolute Gasteiger partial charge is 0.449 e. The molecule has 1 aromatic rings. The summed E-state index contributed by atoms with van der Waals surface area (Å²) in [4.78, 5) is 10.9. The lowest BCUT2D eigenvalue weighted by molar-refractivity contribution is 0.152. The van der Waals surface area contributed by atoms with Crippen molar-refractivity contribution in [2.24, 2.45) is 5.10 Å². The SMILES string of the molecule is CCOC(=O)N/N=C\c1ccccc1C. The summed E-state index contributed by atoms with van der Waals surface area (Å²) >= 11 is 0. The molecule has 80 valence electrons. The molecule has 1 N–H and O–H groups in total. The second-order valence-corrected chi connectivity index (χ2v) is 2.95. The van der Waals surface area contributed by atoms with Crippen LogP contribution in [0, 0.1) is 6.92 Å². The molecule has 4 nitrogen and oxygen atoms in total. The van der Waals surface area contributed by atoms with Crippen molar-refractivity contribution >= 4 is 12.3 Å². The van der Waals surface area contributed by atoms with Gasteiger partial charge in [-0.1, -0.05) is 24.3 Å². The Kier molecular flexibility index (Phi) is 4.34. The number of rotatable bonds is 3. The number of ether oxygens (including phenoxy) is 1. The summed E-state index contributed by atoms with van der Waals surface area (Å²) in [7, 11) is 0. The molecule has 1 aromatic carbocycles. The maximum Gasteiger partial charge on any atom is 0.427 e. The van der Waals surface area contributed by atoms with Gasteiger partial charge in [0.15, 0.2) is 0 Å².